The lowest BCUT2D eigenvalue weighted by molar-refractivity contribution is 0.524. The highest BCUT2D eigenvalue weighted by atomic mass is 79.9. The normalized spacial score (nSPS) is 12.1. The zero-order valence-corrected chi connectivity index (χ0v) is 13.9. The van der Waals surface area contributed by atoms with E-state index in [2.05, 4.69) is 26.1 Å². The molecule has 2 rings (SSSR count). The Kier molecular flexibility index (Phi) is 4.19. The number of primary sulfonamides is 1. The van der Waals surface area contributed by atoms with E-state index in [0.29, 0.717) is 20.9 Å². The second-order valence-electron chi connectivity index (χ2n) is 4.44. The highest BCUT2D eigenvalue weighted by Gasteiger charge is 2.24. The van der Waals surface area contributed by atoms with Gasteiger partial charge in [-0.1, -0.05) is 11.6 Å². The molecule has 0 bridgehead atoms. The summed E-state index contributed by atoms with van der Waals surface area (Å²) in [7, 11) is -3.94. The van der Waals surface area contributed by atoms with Crippen LogP contribution in [0.25, 0.3) is 11.4 Å². The number of nitrogens with two attached hydrogens (primary N) is 1. The number of sulfonamides is 1. The molecule has 9 heteroatoms. The topological polar surface area (TPSA) is 90.9 Å². The van der Waals surface area contributed by atoms with E-state index in [1.165, 1.54) is 4.57 Å². The molecular weight excluding hydrogens is 368 g/mol. The largest absolute Gasteiger partial charge is 0.294 e. The highest BCUT2D eigenvalue weighted by Crippen LogP contribution is 2.32. The molecule has 0 saturated heterocycles. The standard InChI is InChI=1S/C11H12BrClN4O2S/c1-6(2)17-10(15-16-11(17)20(14,18)19)8-4-3-7(13)5-9(8)12/h3-6H,1-2H3,(H2,14,18,19). The summed E-state index contributed by atoms with van der Waals surface area (Å²) in [5, 5.41) is 13.1. The number of aromatic nitrogens is 3. The van der Waals surface area contributed by atoms with Crippen molar-refractivity contribution < 1.29 is 8.42 Å². The van der Waals surface area contributed by atoms with E-state index < -0.39 is 10.0 Å². The van der Waals surface area contributed by atoms with Gasteiger partial charge in [0.05, 0.1) is 0 Å². The van der Waals surface area contributed by atoms with E-state index in [1.807, 2.05) is 13.8 Å². The monoisotopic (exact) mass is 378 g/mol. The van der Waals surface area contributed by atoms with E-state index in [-0.39, 0.29) is 11.2 Å². The summed E-state index contributed by atoms with van der Waals surface area (Å²) < 4.78 is 25.3. The van der Waals surface area contributed by atoms with Crippen molar-refractivity contribution in [3.05, 3.63) is 27.7 Å². The van der Waals surface area contributed by atoms with E-state index in [9.17, 15) is 8.42 Å². The number of benzene rings is 1. The van der Waals surface area contributed by atoms with Crippen molar-refractivity contribution in [3.63, 3.8) is 0 Å². The third kappa shape index (κ3) is 2.88. The maximum absolute atomic E-state index is 11.6. The fraction of sp³-hybridized carbons (Fsp3) is 0.273. The van der Waals surface area contributed by atoms with E-state index in [0.717, 1.165) is 0 Å². The van der Waals surface area contributed by atoms with Crippen molar-refractivity contribution in [3.8, 4) is 11.4 Å². The minimum Gasteiger partial charge on any atom is -0.294 e. The predicted molar refractivity (Wildman–Crippen MR) is 79.9 cm³/mol. The van der Waals surface area contributed by atoms with Crippen molar-refractivity contribution in [1.82, 2.24) is 14.8 Å². The zero-order chi connectivity index (χ0) is 15.1. The molecule has 20 heavy (non-hydrogen) atoms. The maximum Gasteiger partial charge on any atom is 0.273 e. The van der Waals surface area contributed by atoms with Gasteiger partial charge in [-0.2, -0.15) is 0 Å². The molecule has 0 saturated carbocycles. The quantitative estimate of drug-likeness (QED) is 0.887. The molecule has 1 aromatic carbocycles. The Balaban J connectivity index is 2.73. The smallest absolute Gasteiger partial charge is 0.273 e. The Hall–Kier alpha value is -0.960. The van der Waals surface area contributed by atoms with Crippen molar-refractivity contribution in [2.24, 2.45) is 5.14 Å². The Morgan fingerprint density at radius 1 is 1.35 bits per heavy atom. The van der Waals surface area contributed by atoms with Crippen LogP contribution >= 0.6 is 27.5 Å². The summed E-state index contributed by atoms with van der Waals surface area (Å²) in [5.41, 5.74) is 0.686. The third-order valence-corrected chi connectivity index (χ3v) is 4.29. The van der Waals surface area contributed by atoms with Crippen molar-refractivity contribution in [1.29, 1.82) is 0 Å². The summed E-state index contributed by atoms with van der Waals surface area (Å²) in [4.78, 5) is 0. The molecule has 1 aromatic heterocycles. The summed E-state index contributed by atoms with van der Waals surface area (Å²) in [6.45, 7) is 3.65. The molecule has 0 aliphatic carbocycles. The second kappa shape index (κ2) is 5.44. The van der Waals surface area contributed by atoms with E-state index in [4.69, 9.17) is 16.7 Å². The number of rotatable bonds is 3. The molecule has 1 heterocycles. The van der Waals surface area contributed by atoms with Gasteiger partial charge >= 0.3 is 0 Å². The first-order valence-corrected chi connectivity index (χ1v) is 8.36. The van der Waals surface area contributed by atoms with Crippen LogP contribution < -0.4 is 5.14 Å². The summed E-state index contributed by atoms with van der Waals surface area (Å²) in [6.07, 6.45) is 0. The fourth-order valence-electron chi connectivity index (χ4n) is 1.79. The predicted octanol–water partition coefficient (Wildman–Crippen LogP) is 2.59. The summed E-state index contributed by atoms with van der Waals surface area (Å²) in [6, 6.07) is 4.96. The van der Waals surface area contributed by atoms with Crippen LogP contribution in [0.3, 0.4) is 0 Å². The second-order valence-corrected chi connectivity index (χ2v) is 7.19. The highest BCUT2D eigenvalue weighted by molar-refractivity contribution is 9.10. The Morgan fingerprint density at radius 2 is 2.00 bits per heavy atom. The van der Waals surface area contributed by atoms with Gasteiger partial charge in [0.25, 0.3) is 15.2 Å². The number of nitrogens with zero attached hydrogens (tertiary/aromatic N) is 3. The van der Waals surface area contributed by atoms with Crippen LogP contribution in [0.4, 0.5) is 0 Å². The van der Waals surface area contributed by atoms with Crippen molar-refractivity contribution >= 4 is 37.6 Å². The minimum absolute atomic E-state index is 0.170. The van der Waals surface area contributed by atoms with Gasteiger partial charge in [0.1, 0.15) is 0 Å². The lowest BCUT2D eigenvalue weighted by Crippen LogP contribution is -2.20. The van der Waals surface area contributed by atoms with E-state index in [1.54, 1.807) is 18.2 Å². The molecule has 0 unspecified atom stereocenters. The molecule has 6 nitrogen and oxygen atoms in total. The molecule has 0 atom stereocenters. The van der Waals surface area contributed by atoms with Crippen LogP contribution in [0, 0.1) is 0 Å². The molecule has 2 N–H and O–H groups in total. The van der Waals surface area contributed by atoms with Crippen molar-refractivity contribution in [2.45, 2.75) is 25.0 Å². The van der Waals surface area contributed by atoms with Crippen LogP contribution in [0.5, 0.6) is 0 Å². The molecule has 0 aliphatic rings. The van der Waals surface area contributed by atoms with Crippen LogP contribution in [0.15, 0.2) is 27.8 Å². The maximum atomic E-state index is 11.6. The van der Waals surface area contributed by atoms with Gasteiger partial charge in [-0.25, -0.2) is 13.6 Å². The molecule has 2 aromatic rings. The zero-order valence-electron chi connectivity index (χ0n) is 10.7. The molecule has 0 spiro atoms. The van der Waals surface area contributed by atoms with Gasteiger partial charge in [-0.15, -0.1) is 10.2 Å². The molecule has 0 aliphatic heterocycles. The first kappa shape index (κ1) is 15.4. The molecule has 108 valence electrons. The Labute approximate surface area is 130 Å². The first-order chi connectivity index (χ1) is 9.21. The van der Waals surface area contributed by atoms with Gasteiger partial charge in [0, 0.05) is 21.1 Å². The molecule has 0 amide bonds. The molecular formula is C11H12BrClN4O2S. The van der Waals surface area contributed by atoms with Crippen LogP contribution in [0.2, 0.25) is 5.02 Å². The van der Waals surface area contributed by atoms with Crippen LogP contribution in [-0.2, 0) is 10.0 Å². The van der Waals surface area contributed by atoms with E-state index >= 15 is 0 Å². The molecule has 0 fully saturated rings. The fourth-order valence-corrected chi connectivity index (χ4v) is 3.38. The average Bonchev–Trinajstić information content (AvgIpc) is 2.72. The number of hydrogen-bond acceptors (Lipinski definition) is 4. The summed E-state index contributed by atoms with van der Waals surface area (Å²) in [5.74, 6) is 0.410. The van der Waals surface area contributed by atoms with Gasteiger partial charge in [-0.3, -0.25) is 4.57 Å². The Morgan fingerprint density at radius 3 is 2.50 bits per heavy atom. The summed E-state index contributed by atoms with van der Waals surface area (Å²) >= 11 is 9.28. The van der Waals surface area contributed by atoms with Gasteiger partial charge in [0.2, 0.25) is 0 Å². The average molecular weight is 380 g/mol. The van der Waals surface area contributed by atoms with Gasteiger partial charge < -0.3 is 0 Å². The van der Waals surface area contributed by atoms with Crippen molar-refractivity contribution in [2.75, 3.05) is 0 Å². The lowest BCUT2D eigenvalue weighted by Gasteiger charge is -2.13. The van der Waals surface area contributed by atoms with Crippen LogP contribution in [-0.4, -0.2) is 23.2 Å². The van der Waals surface area contributed by atoms with Crippen LogP contribution in [0.1, 0.15) is 19.9 Å². The molecule has 0 radical (unpaired) electrons. The lowest BCUT2D eigenvalue weighted by atomic mass is 10.2. The van der Waals surface area contributed by atoms with Gasteiger partial charge in [0.15, 0.2) is 5.82 Å². The Bertz CT molecular complexity index is 758. The SMILES string of the molecule is CC(C)n1c(-c2ccc(Cl)cc2Br)nnc1S(N)(=O)=O. The van der Waals surface area contributed by atoms with Gasteiger partial charge in [-0.05, 0) is 48.0 Å². The minimum atomic E-state index is -3.94. The third-order valence-electron chi connectivity index (χ3n) is 2.61. The number of hydrogen-bond donors (Lipinski definition) is 1. The number of halogens is 2. The first-order valence-electron chi connectivity index (χ1n) is 5.65.